The fourth-order valence-corrected chi connectivity index (χ4v) is 2.81. The van der Waals surface area contributed by atoms with Crippen molar-refractivity contribution in [3.05, 3.63) is 69.4 Å². The lowest BCUT2D eigenvalue weighted by atomic mass is 9.89. The average Bonchev–Trinajstić information content (AvgIpc) is 2.38. The van der Waals surface area contributed by atoms with Gasteiger partial charge in [-0.05, 0) is 29.8 Å². The molecule has 0 saturated heterocycles. The van der Waals surface area contributed by atoms with Crippen LogP contribution in [-0.4, -0.2) is 11.7 Å². The zero-order chi connectivity index (χ0) is 15.6. The molecular weight excluding hydrogens is 347 g/mol. The number of nitrogens with two attached hydrogens (primary N) is 1. The summed E-state index contributed by atoms with van der Waals surface area (Å²) in [6.07, 6.45) is -1.33. The van der Waals surface area contributed by atoms with Crippen LogP contribution >= 0.6 is 15.9 Å². The summed E-state index contributed by atoms with van der Waals surface area (Å²) in [5, 5.41) is 10.4. The second-order valence-corrected chi connectivity index (χ2v) is 5.48. The summed E-state index contributed by atoms with van der Waals surface area (Å²) in [6, 6.07) is 7.14. The van der Waals surface area contributed by atoms with Gasteiger partial charge >= 0.3 is 0 Å². The van der Waals surface area contributed by atoms with E-state index in [9.17, 15) is 18.3 Å². The van der Waals surface area contributed by atoms with Gasteiger partial charge in [-0.25, -0.2) is 13.2 Å². The molecule has 0 heterocycles. The predicted octanol–water partition coefficient (Wildman–Crippen LogP) is 3.64. The van der Waals surface area contributed by atoms with E-state index in [1.54, 1.807) is 6.07 Å². The smallest absolute Gasteiger partial charge is 0.130 e. The second-order valence-electron chi connectivity index (χ2n) is 4.63. The first-order valence-electron chi connectivity index (χ1n) is 6.22. The van der Waals surface area contributed by atoms with Crippen molar-refractivity contribution >= 4 is 15.9 Å². The molecule has 0 radical (unpaired) electrons. The van der Waals surface area contributed by atoms with Gasteiger partial charge in [-0.1, -0.05) is 22.0 Å². The third-order valence-corrected chi connectivity index (χ3v) is 3.94. The molecule has 2 aromatic carbocycles. The highest BCUT2D eigenvalue weighted by Gasteiger charge is 2.26. The van der Waals surface area contributed by atoms with Crippen LogP contribution in [-0.2, 0) is 0 Å². The van der Waals surface area contributed by atoms with Crippen LogP contribution in [0.3, 0.4) is 0 Å². The van der Waals surface area contributed by atoms with Crippen LogP contribution in [0, 0.1) is 17.5 Å². The van der Waals surface area contributed by atoms with E-state index in [2.05, 4.69) is 15.9 Å². The van der Waals surface area contributed by atoms with Crippen LogP contribution in [0.2, 0.25) is 0 Å². The summed E-state index contributed by atoms with van der Waals surface area (Å²) in [5.74, 6) is -3.00. The normalized spacial score (nSPS) is 14.0. The molecular formula is C15H13BrF3NO. The molecule has 0 spiro atoms. The molecule has 2 rings (SSSR count). The number of hydrogen-bond donors (Lipinski definition) is 2. The largest absolute Gasteiger partial charge is 0.388 e. The second kappa shape index (κ2) is 6.60. The fraction of sp³-hybridized carbons (Fsp3) is 0.200. The molecule has 0 aliphatic rings. The minimum atomic E-state index is -1.33. The van der Waals surface area contributed by atoms with Crippen molar-refractivity contribution in [1.82, 2.24) is 0 Å². The van der Waals surface area contributed by atoms with E-state index in [4.69, 9.17) is 5.73 Å². The molecule has 112 valence electrons. The van der Waals surface area contributed by atoms with Gasteiger partial charge in [0, 0.05) is 28.6 Å². The van der Waals surface area contributed by atoms with Crippen molar-refractivity contribution in [1.29, 1.82) is 0 Å². The minimum absolute atomic E-state index is 0.0117. The maximum Gasteiger partial charge on any atom is 0.130 e. The van der Waals surface area contributed by atoms with Gasteiger partial charge in [0.15, 0.2) is 0 Å². The number of aliphatic hydroxyl groups excluding tert-OH is 1. The topological polar surface area (TPSA) is 46.2 Å². The van der Waals surface area contributed by atoms with Crippen LogP contribution in [0.4, 0.5) is 13.2 Å². The van der Waals surface area contributed by atoms with Crippen molar-refractivity contribution in [3.63, 3.8) is 0 Å². The SMILES string of the molecule is NCC(c1cc(F)cc(F)c1)C(O)c1c(F)cccc1Br. The van der Waals surface area contributed by atoms with E-state index < -0.39 is 29.5 Å². The van der Waals surface area contributed by atoms with Gasteiger partial charge in [-0.2, -0.15) is 0 Å². The van der Waals surface area contributed by atoms with Crippen molar-refractivity contribution in [3.8, 4) is 0 Å². The highest BCUT2D eigenvalue weighted by Crippen LogP contribution is 2.36. The summed E-state index contributed by atoms with van der Waals surface area (Å²) >= 11 is 3.16. The molecule has 3 N–H and O–H groups in total. The van der Waals surface area contributed by atoms with Crippen molar-refractivity contribution in [2.24, 2.45) is 5.73 Å². The summed E-state index contributed by atoms with van der Waals surface area (Å²) in [7, 11) is 0. The van der Waals surface area contributed by atoms with E-state index in [0.29, 0.717) is 4.47 Å². The first kappa shape index (κ1) is 16.0. The van der Waals surface area contributed by atoms with Crippen molar-refractivity contribution in [2.45, 2.75) is 12.0 Å². The lowest BCUT2D eigenvalue weighted by Gasteiger charge is -2.23. The Morgan fingerprint density at radius 1 is 1.10 bits per heavy atom. The zero-order valence-electron chi connectivity index (χ0n) is 10.9. The molecule has 2 aromatic rings. The number of halogens is 4. The van der Waals surface area contributed by atoms with Gasteiger partial charge < -0.3 is 10.8 Å². The monoisotopic (exact) mass is 359 g/mol. The number of benzene rings is 2. The number of rotatable bonds is 4. The Labute approximate surface area is 128 Å². The molecule has 2 atom stereocenters. The van der Waals surface area contributed by atoms with E-state index in [1.807, 2.05) is 0 Å². The van der Waals surface area contributed by atoms with Crippen molar-refractivity contribution < 1.29 is 18.3 Å². The zero-order valence-corrected chi connectivity index (χ0v) is 12.4. The van der Waals surface area contributed by atoms with Gasteiger partial charge in [0.25, 0.3) is 0 Å². The predicted molar refractivity (Wildman–Crippen MR) is 77.2 cm³/mol. The molecule has 0 aliphatic heterocycles. The Bertz CT molecular complexity index is 610. The Balaban J connectivity index is 2.45. The molecule has 0 saturated carbocycles. The van der Waals surface area contributed by atoms with Gasteiger partial charge in [-0.15, -0.1) is 0 Å². The number of aliphatic hydroxyl groups is 1. The van der Waals surface area contributed by atoms with E-state index >= 15 is 0 Å². The van der Waals surface area contributed by atoms with Crippen LogP contribution in [0.15, 0.2) is 40.9 Å². The van der Waals surface area contributed by atoms with Crippen LogP contribution in [0.1, 0.15) is 23.1 Å². The Kier molecular flexibility index (Phi) is 5.03. The maximum atomic E-state index is 13.9. The molecule has 21 heavy (non-hydrogen) atoms. The third kappa shape index (κ3) is 3.45. The Hall–Kier alpha value is -1.37. The summed E-state index contributed by atoms with van der Waals surface area (Å²) < 4.78 is 40.9. The molecule has 0 fully saturated rings. The molecule has 0 bridgehead atoms. The highest BCUT2D eigenvalue weighted by atomic mass is 79.9. The lowest BCUT2D eigenvalue weighted by molar-refractivity contribution is 0.142. The molecule has 2 nitrogen and oxygen atoms in total. The fourth-order valence-electron chi connectivity index (χ4n) is 2.23. The maximum absolute atomic E-state index is 13.9. The highest BCUT2D eigenvalue weighted by molar-refractivity contribution is 9.10. The van der Waals surface area contributed by atoms with Crippen LogP contribution in [0.25, 0.3) is 0 Å². The molecule has 2 unspecified atom stereocenters. The summed E-state index contributed by atoms with van der Waals surface area (Å²) in [5.41, 5.74) is 5.79. The first-order valence-corrected chi connectivity index (χ1v) is 7.01. The Morgan fingerprint density at radius 3 is 2.24 bits per heavy atom. The Morgan fingerprint density at radius 2 is 1.71 bits per heavy atom. The lowest BCUT2D eigenvalue weighted by Crippen LogP contribution is -2.21. The van der Waals surface area contributed by atoms with Gasteiger partial charge in [0.05, 0.1) is 6.10 Å². The van der Waals surface area contributed by atoms with Gasteiger partial charge in [-0.3, -0.25) is 0 Å². The quantitative estimate of drug-likeness (QED) is 0.875. The van der Waals surface area contributed by atoms with Crippen molar-refractivity contribution in [2.75, 3.05) is 6.54 Å². The summed E-state index contributed by atoms with van der Waals surface area (Å²) in [4.78, 5) is 0. The van der Waals surface area contributed by atoms with Crippen LogP contribution < -0.4 is 5.73 Å². The van der Waals surface area contributed by atoms with E-state index in [-0.39, 0.29) is 17.7 Å². The average molecular weight is 360 g/mol. The molecule has 0 aromatic heterocycles. The molecule has 6 heteroatoms. The minimum Gasteiger partial charge on any atom is -0.388 e. The standard InChI is InChI=1S/C15H13BrF3NO/c16-12-2-1-3-13(19)14(12)15(21)11(7-20)8-4-9(17)6-10(18)5-8/h1-6,11,15,21H,7,20H2. The third-order valence-electron chi connectivity index (χ3n) is 3.24. The summed E-state index contributed by atoms with van der Waals surface area (Å²) in [6.45, 7) is -0.0924. The van der Waals surface area contributed by atoms with Crippen LogP contribution in [0.5, 0.6) is 0 Å². The first-order chi connectivity index (χ1) is 9.93. The van der Waals surface area contributed by atoms with E-state index in [1.165, 1.54) is 12.1 Å². The number of hydrogen-bond acceptors (Lipinski definition) is 2. The van der Waals surface area contributed by atoms with E-state index in [0.717, 1.165) is 18.2 Å². The molecule has 0 amide bonds. The van der Waals surface area contributed by atoms with Gasteiger partial charge in [0.2, 0.25) is 0 Å². The molecule has 0 aliphatic carbocycles. The van der Waals surface area contributed by atoms with Gasteiger partial charge in [0.1, 0.15) is 17.5 Å².